The molecule has 2 aromatic carbocycles. The van der Waals surface area contributed by atoms with Crippen molar-refractivity contribution in [2.45, 2.75) is 19.9 Å². The average Bonchev–Trinajstić information content (AvgIpc) is 3.06. The number of carbonyl (C=O) groups is 1. The van der Waals surface area contributed by atoms with Crippen molar-refractivity contribution in [3.8, 4) is 11.5 Å². The van der Waals surface area contributed by atoms with Crippen LogP contribution in [0, 0.1) is 12.7 Å². The number of aromatic nitrogens is 2. The van der Waals surface area contributed by atoms with Gasteiger partial charge in [-0.05, 0) is 43.7 Å². The zero-order chi connectivity index (χ0) is 17.1. The maximum absolute atomic E-state index is 12.9. The maximum Gasteiger partial charge on any atom is 0.293 e. The van der Waals surface area contributed by atoms with Gasteiger partial charge in [0, 0.05) is 5.56 Å². The molecule has 3 aromatic rings. The Morgan fingerprint density at radius 1 is 1.12 bits per heavy atom. The van der Waals surface area contributed by atoms with Crippen LogP contribution in [0.1, 0.15) is 34.7 Å². The Morgan fingerprint density at radius 3 is 2.46 bits per heavy atom. The number of carbonyl (C=O) groups excluding carboxylic acids is 1. The van der Waals surface area contributed by atoms with Crippen molar-refractivity contribution in [3.63, 3.8) is 0 Å². The topological polar surface area (TPSA) is 68.0 Å². The van der Waals surface area contributed by atoms with E-state index < -0.39 is 5.91 Å². The molecule has 1 N–H and O–H groups in total. The monoisotopic (exact) mass is 325 g/mol. The molecule has 3 rings (SSSR count). The lowest BCUT2D eigenvalue weighted by Crippen LogP contribution is -2.27. The number of nitrogens with one attached hydrogen (secondary N) is 1. The average molecular weight is 325 g/mol. The third kappa shape index (κ3) is 3.48. The highest BCUT2D eigenvalue weighted by atomic mass is 19.1. The van der Waals surface area contributed by atoms with E-state index in [1.807, 2.05) is 31.2 Å². The van der Waals surface area contributed by atoms with Crippen LogP contribution < -0.4 is 5.32 Å². The molecule has 0 fully saturated rings. The first-order chi connectivity index (χ1) is 11.5. The zero-order valence-electron chi connectivity index (χ0n) is 13.3. The summed E-state index contributed by atoms with van der Waals surface area (Å²) < 4.78 is 18.1. The summed E-state index contributed by atoms with van der Waals surface area (Å²) in [4.78, 5) is 16.3. The smallest absolute Gasteiger partial charge is 0.293 e. The van der Waals surface area contributed by atoms with Crippen LogP contribution >= 0.6 is 0 Å². The molecule has 6 heteroatoms. The Labute approximate surface area is 138 Å². The van der Waals surface area contributed by atoms with Gasteiger partial charge in [0.1, 0.15) is 5.82 Å². The van der Waals surface area contributed by atoms with E-state index in [0.29, 0.717) is 0 Å². The molecule has 5 nitrogen and oxygen atoms in total. The van der Waals surface area contributed by atoms with Crippen molar-refractivity contribution in [1.82, 2.24) is 15.5 Å². The Kier molecular flexibility index (Phi) is 4.37. The van der Waals surface area contributed by atoms with Gasteiger partial charge in [-0.1, -0.05) is 35.0 Å². The standard InChI is InChI=1S/C18H16FN3O2/c1-11-3-5-14(6-4-11)18-21-16(22-24-18)17(23)20-12(2)13-7-9-15(19)10-8-13/h3-10,12H,1-2H3,(H,20,23)/t12-/m1/s1. The van der Waals surface area contributed by atoms with E-state index in [1.54, 1.807) is 19.1 Å². The first-order valence-corrected chi connectivity index (χ1v) is 7.50. The Morgan fingerprint density at radius 2 is 1.79 bits per heavy atom. The first kappa shape index (κ1) is 15.9. The quantitative estimate of drug-likeness (QED) is 0.794. The summed E-state index contributed by atoms with van der Waals surface area (Å²) in [6.45, 7) is 3.78. The number of hydrogen-bond donors (Lipinski definition) is 1. The van der Waals surface area contributed by atoms with E-state index in [1.165, 1.54) is 12.1 Å². The van der Waals surface area contributed by atoms with Gasteiger partial charge in [0.25, 0.3) is 17.6 Å². The number of nitrogens with zero attached hydrogens (tertiary/aromatic N) is 2. The number of halogens is 1. The Bertz CT molecular complexity index is 841. The van der Waals surface area contributed by atoms with Crippen molar-refractivity contribution < 1.29 is 13.7 Å². The highest BCUT2D eigenvalue weighted by Gasteiger charge is 2.18. The van der Waals surface area contributed by atoms with E-state index in [9.17, 15) is 9.18 Å². The first-order valence-electron chi connectivity index (χ1n) is 7.50. The lowest BCUT2D eigenvalue weighted by Gasteiger charge is -2.12. The number of rotatable bonds is 4. The Hall–Kier alpha value is -3.02. The summed E-state index contributed by atoms with van der Waals surface area (Å²) >= 11 is 0. The van der Waals surface area contributed by atoms with Gasteiger partial charge in [-0.3, -0.25) is 4.79 Å². The molecule has 1 atom stereocenters. The molecular weight excluding hydrogens is 309 g/mol. The van der Waals surface area contributed by atoms with Crippen molar-refractivity contribution in [1.29, 1.82) is 0 Å². The third-order valence-corrected chi connectivity index (χ3v) is 3.65. The van der Waals surface area contributed by atoms with E-state index in [-0.39, 0.29) is 23.6 Å². The van der Waals surface area contributed by atoms with Gasteiger partial charge in [-0.15, -0.1) is 0 Å². The molecule has 122 valence electrons. The summed E-state index contributed by atoms with van der Waals surface area (Å²) in [6, 6.07) is 13.2. The molecule has 1 aromatic heterocycles. The minimum atomic E-state index is -0.450. The van der Waals surface area contributed by atoms with Crippen LogP contribution in [0.3, 0.4) is 0 Å². The summed E-state index contributed by atoms with van der Waals surface area (Å²) in [6.07, 6.45) is 0. The number of benzene rings is 2. The second kappa shape index (κ2) is 6.62. The summed E-state index contributed by atoms with van der Waals surface area (Å²) in [5, 5.41) is 6.48. The largest absolute Gasteiger partial charge is 0.343 e. The van der Waals surface area contributed by atoms with Gasteiger partial charge in [0.15, 0.2) is 0 Å². The van der Waals surface area contributed by atoms with E-state index in [2.05, 4.69) is 15.5 Å². The second-order valence-electron chi connectivity index (χ2n) is 5.54. The molecule has 0 spiro atoms. The highest BCUT2D eigenvalue weighted by Crippen LogP contribution is 2.18. The van der Waals surface area contributed by atoms with Crippen LogP contribution in [0.15, 0.2) is 53.1 Å². The van der Waals surface area contributed by atoms with Crippen molar-refractivity contribution in [3.05, 3.63) is 71.3 Å². The van der Waals surface area contributed by atoms with Gasteiger partial charge < -0.3 is 9.84 Å². The molecule has 0 unspecified atom stereocenters. The number of amides is 1. The number of aryl methyl sites for hydroxylation is 1. The lowest BCUT2D eigenvalue weighted by molar-refractivity contribution is 0.0926. The lowest BCUT2D eigenvalue weighted by atomic mass is 10.1. The molecule has 0 aliphatic carbocycles. The normalized spacial score (nSPS) is 12.0. The molecule has 0 aliphatic rings. The minimum absolute atomic E-state index is 0.0421. The van der Waals surface area contributed by atoms with Gasteiger partial charge in [0.05, 0.1) is 6.04 Å². The van der Waals surface area contributed by atoms with E-state index in [0.717, 1.165) is 16.7 Å². The zero-order valence-corrected chi connectivity index (χ0v) is 13.3. The third-order valence-electron chi connectivity index (χ3n) is 3.65. The van der Waals surface area contributed by atoms with Crippen LogP contribution in [0.5, 0.6) is 0 Å². The van der Waals surface area contributed by atoms with Crippen LogP contribution in [0.4, 0.5) is 4.39 Å². The molecular formula is C18H16FN3O2. The van der Waals surface area contributed by atoms with Crippen molar-refractivity contribution in [2.24, 2.45) is 0 Å². The molecule has 0 bridgehead atoms. The van der Waals surface area contributed by atoms with Gasteiger partial charge in [0.2, 0.25) is 0 Å². The fraction of sp³-hybridized carbons (Fsp3) is 0.167. The summed E-state index contributed by atoms with van der Waals surface area (Å²) in [5.74, 6) is -0.527. The van der Waals surface area contributed by atoms with Gasteiger partial charge in [-0.25, -0.2) is 4.39 Å². The highest BCUT2D eigenvalue weighted by molar-refractivity contribution is 5.90. The predicted octanol–water partition coefficient (Wildman–Crippen LogP) is 3.68. The maximum atomic E-state index is 12.9. The molecule has 24 heavy (non-hydrogen) atoms. The molecule has 0 saturated carbocycles. The van der Waals surface area contributed by atoms with Crippen LogP contribution in [0.2, 0.25) is 0 Å². The van der Waals surface area contributed by atoms with Crippen LogP contribution in [-0.4, -0.2) is 16.0 Å². The molecule has 0 saturated heterocycles. The van der Waals surface area contributed by atoms with E-state index >= 15 is 0 Å². The molecule has 1 heterocycles. The minimum Gasteiger partial charge on any atom is -0.343 e. The fourth-order valence-electron chi connectivity index (χ4n) is 2.23. The fourth-order valence-corrected chi connectivity index (χ4v) is 2.23. The Balaban J connectivity index is 1.71. The summed E-state index contributed by atoms with van der Waals surface area (Å²) in [7, 11) is 0. The van der Waals surface area contributed by atoms with Gasteiger partial charge >= 0.3 is 0 Å². The molecule has 0 aliphatic heterocycles. The van der Waals surface area contributed by atoms with E-state index in [4.69, 9.17) is 4.52 Å². The van der Waals surface area contributed by atoms with Gasteiger partial charge in [-0.2, -0.15) is 4.98 Å². The van der Waals surface area contributed by atoms with Crippen molar-refractivity contribution >= 4 is 5.91 Å². The van der Waals surface area contributed by atoms with Crippen LogP contribution in [0.25, 0.3) is 11.5 Å². The SMILES string of the molecule is Cc1ccc(-c2nc(C(=O)N[C@H](C)c3ccc(F)cc3)no2)cc1. The van der Waals surface area contributed by atoms with Crippen molar-refractivity contribution in [2.75, 3.05) is 0 Å². The summed E-state index contributed by atoms with van der Waals surface area (Å²) in [5.41, 5.74) is 2.65. The van der Waals surface area contributed by atoms with Crippen LogP contribution in [-0.2, 0) is 0 Å². The molecule has 0 radical (unpaired) electrons. The predicted molar refractivity (Wildman–Crippen MR) is 86.8 cm³/mol. The molecule has 1 amide bonds. The number of hydrogen-bond acceptors (Lipinski definition) is 4. The second-order valence-corrected chi connectivity index (χ2v) is 5.54.